The summed E-state index contributed by atoms with van der Waals surface area (Å²) in [6, 6.07) is 6.75. The second kappa shape index (κ2) is 6.96. The topological polar surface area (TPSA) is 61.4 Å². The van der Waals surface area contributed by atoms with Crippen molar-refractivity contribution in [2.24, 2.45) is 0 Å². The highest BCUT2D eigenvalue weighted by Crippen LogP contribution is 2.27. The molecule has 0 radical (unpaired) electrons. The van der Waals surface area contributed by atoms with Gasteiger partial charge in [-0.05, 0) is 31.4 Å². The van der Waals surface area contributed by atoms with Crippen LogP contribution < -0.4 is 10.2 Å². The van der Waals surface area contributed by atoms with Gasteiger partial charge in [0.1, 0.15) is 12.1 Å². The molecule has 0 saturated carbocycles. The maximum absolute atomic E-state index is 11.6. The molecule has 0 bridgehead atoms. The summed E-state index contributed by atoms with van der Waals surface area (Å²) in [4.78, 5) is 25.5. The van der Waals surface area contributed by atoms with Gasteiger partial charge >= 0.3 is 0 Å². The van der Waals surface area contributed by atoms with Crippen molar-refractivity contribution in [3.05, 3.63) is 30.1 Å². The number of aryl methyl sites for hydroxylation is 1. The highest BCUT2D eigenvalue weighted by Gasteiger charge is 2.27. The molecule has 1 N–H and O–H groups in total. The number of rotatable bonds is 2. The lowest BCUT2D eigenvalue weighted by Crippen LogP contribution is -2.50. The molecule has 2 aromatic rings. The maximum Gasteiger partial charge on any atom is 0.220 e. The van der Waals surface area contributed by atoms with Crippen LogP contribution in [0.3, 0.4) is 0 Å². The highest BCUT2D eigenvalue weighted by atomic mass is 16.1. The average molecular weight is 339 g/mol. The number of amides is 1. The van der Waals surface area contributed by atoms with Gasteiger partial charge in [-0.2, -0.15) is 0 Å². The summed E-state index contributed by atoms with van der Waals surface area (Å²) in [5.41, 5.74) is 2.24. The quantitative estimate of drug-likeness (QED) is 0.903. The second-order valence-electron chi connectivity index (χ2n) is 7.02. The van der Waals surface area contributed by atoms with Crippen molar-refractivity contribution in [1.82, 2.24) is 20.2 Å². The first-order valence-corrected chi connectivity index (χ1v) is 9.18. The van der Waals surface area contributed by atoms with Crippen LogP contribution in [-0.4, -0.2) is 59.5 Å². The normalized spacial score (nSPS) is 22.7. The van der Waals surface area contributed by atoms with Crippen LogP contribution in [0.4, 0.5) is 5.82 Å². The molecule has 0 aliphatic carbocycles. The number of benzene rings is 1. The summed E-state index contributed by atoms with van der Waals surface area (Å²) >= 11 is 0. The maximum atomic E-state index is 11.6. The minimum Gasteiger partial charge on any atom is -0.356 e. The van der Waals surface area contributed by atoms with Gasteiger partial charge in [0.25, 0.3) is 0 Å². The molecule has 2 aliphatic rings. The fraction of sp³-hybridized carbons (Fsp3) is 0.526. The summed E-state index contributed by atoms with van der Waals surface area (Å²) < 4.78 is 0. The molecule has 1 amide bonds. The van der Waals surface area contributed by atoms with Crippen molar-refractivity contribution in [1.29, 1.82) is 0 Å². The molecule has 2 fully saturated rings. The number of nitrogens with zero attached hydrogens (tertiary/aromatic N) is 4. The van der Waals surface area contributed by atoms with Gasteiger partial charge < -0.3 is 10.2 Å². The van der Waals surface area contributed by atoms with Gasteiger partial charge in [0.15, 0.2) is 0 Å². The zero-order valence-electron chi connectivity index (χ0n) is 14.7. The van der Waals surface area contributed by atoms with E-state index in [1.807, 2.05) is 6.07 Å². The molecular formula is C19H25N5O. The van der Waals surface area contributed by atoms with Crippen LogP contribution >= 0.6 is 0 Å². The molecule has 2 saturated heterocycles. The van der Waals surface area contributed by atoms with Gasteiger partial charge in [0, 0.05) is 50.6 Å². The molecule has 6 heteroatoms. The number of anilines is 1. The van der Waals surface area contributed by atoms with Gasteiger partial charge in [-0.1, -0.05) is 12.1 Å². The summed E-state index contributed by atoms with van der Waals surface area (Å²) in [5, 5.41) is 4.15. The standard InChI is InChI=1S/C19H25N5O/c1-14-3-2-4-16-18(14)19(22-13-21-16)24-11-9-23(10-12-24)15-5-6-17(25)20-8-7-15/h2-4,13,15H,5-12H2,1H3,(H,20,25)/t15-/m0/s1. The van der Waals surface area contributed by atoms with Crippen molar-refractivity contribution in [2.75, 3.05) is 37.6 Å². The first kappa shape index (κ1) is 16.3. The van der Waals surface area contributed by atoms with Gasteiger partial charge in [0.05, 0.1) is 5.52 Å². The van der Waals surface area contributed by atoms with E-state index < -0.39 is 0 Å². The van der Waals surface area contributed by atoms with Crippen LogP contribution in [0.15, 0.2) is 24.5 Å². The summed E-state index contributed by atoms with van der Waals surface area (Å²) in [5.74, 6) is 1.25. The zero-order chi connectivity index (χ0) is 17.2. The Bertz CT molecular complexity index is 764. The lowest BCUT2D eigenvalue weighted by molar-refractivity contribution is -0.120. The number of aromatic nitrogens is 2. The molecule has 6 nitrogen and oxygen atoms in total. The predicted molar refractivity (Wildman–Crippen MR) is 98.7 cm³/mol. The van der Waals surface area contributed by atoms with E-state index in [0.29, 0.717) is 12.5 Å². The van der Waals surface area contributed by atoms with Crippen molar-refractivity contribution in [3.8, 4) is 0 Å². The van der Waals surface area contributed by atoms with E-state index in [1.54, 1.807) is 6.33 Å². The number of carbonyl (C=O) groups is 1. The fourth-order valence-corrected chi connectivity index (χ4v) is 4.07. The fourth-order valence-electron chi connectivity index (χ4n) is 4.07. The van der Waals surface area contributed by atoms with Gasteiger partial charge in [-0.3, -0.25) is 9.69 Å². The Morgan fingerprint density at radius 3 is 2.80 bits per heavy atom. The second-order valence-corrected chi connectivity index (χ2v) is 7.02. The number of nitrogens with one attached hydrogen (secondary N) is 1. The van der Waals surface area contributed by atoms with E-state index in [-0.39, 0.29) is 5.91 Å². The molecule has 2 aliphatic heterocycles. The van der Waals surface area contributed by atoms with Crippen LogP contribution in [0.2, 0.25) is 0 Å². The Morgan fingerprint density at radius 1 is 1.12 bits per heavy atom. The highest BCUT2D eigenvalue weighted by molar-refractivity contribution is 5.92. The van der Waals surface area contributed by atoms with E-state index in [4.69, 9.17) is 0 Å². The smallest absolute Gasteiger partial charge is 0.220 e. The number of hydrogen-bond acceptors (Lipinski definition) is 5. The van der Waals surface area contributed by atoms with Crippen molar-refractivity contribution in [2.45, 2.75) is 32.2 Å². The van der Waals surface area contributed by atoms with Crippen LogP contribution in [0.25, 0.3) is 10.9 Å². The molecular weight excluding hydrogens is 314 g/mol. The lowest BCUT2D eigenvalue weighted by atomic mass is 10.1. The number of fused-ring (bicyclic) bond motifs is 1. The zero-order valence-corrected chi connectivity index (χ0v) is 14.7. The van der Waals surface area contributed by atoms with E-state index in [9.17, 15) is 4.79 Å². The lowest BCUT2D eigenvalue weighted by Gasteiger charge is -2.39. The first-order chi connectivity index (χ1) is 12.2. The van der Waals surface area contributed by atoms with E-state index in [2.05, 4.69) is 44.1 Å². The number of piperazine rings is 1. The molecule has 1 atom stereocenters. The third-order valence-corrected chi connectivity index (χ3v) is 5.49. The summed E-state index contributed by atoms with van der Waals surface area (Å²) in [6.07, 6.45) is 4.36. The molecule has 4 rings (SSSR count). The molecule has 3 heterocycles. The largest absolute Gasteiger partial charge is 0.356 e. The minimum atomic E-state index is 0.198. The van der Waals surface area contributed by atoms with Crippen LogP contribution in [0.1, 0.15) is 24.8 Å². The molecule has 1 aromatic carbocycles. The monoisotopic (exact) mass is 339 g/mol. The van der Waals surface area contributed by atoms with E-state index in [0.717, 1.165) is 56.9 Å². The van der Waals surface area contributed by atoms with Gasteiger partial charge in [-0.15, -0.1) is 0 Å². The average Bonchev–Trinajstić information content (AvgIpc) is 2.86. The number of hydrogen-bond donors (Lipinski definition) is 1. The van der Waals surface area contributed by atoms with Crippen molar-refractivity contribution in [3.63, 3.8) is 0 Å². The Labute approximate surface area is 148 Å². The molecule has 25 heavy (non-hydrogen) atoms. The summed E-state index contributed by atoms with van der Waals surface area (Å²) in [6.45, 7) is 6.92. The Morgan fingerprint density at radius 2 is 1.96 bits per heavy atom. The van der Waals surface area contributed by atoms with E-state index in [1.165, 1.54) is 10.9 Å². The van der Waals surface area contributed by atoms with Crippen LogP contribution in [0.5, 0.6) is 0 Å². The first-order valence-electron chi connectivity index (χ1n) is 9.18. The molecule has 132 valence electrons. The summed E-state index contributed by atoms with van der Waals surface area (Å²) in [7, 11) is 0. The Hall–Kier alpha value is -2.21. The SMILES string of the molecule is Cc1cccc2ncnc(N3CCN([C@@H]4CCNC(=O)CC4)CC3)c12. The van der Waals surface area contributed by atoms with Crippen LogP contribution in [0, 0.1) is 6.92 Å². The van der Waals surface area contributed by atoms with Crippen LogP contribution in [-0.2, 0) is 4.79 Å². The Kier molecular flexibility index (Phi) is 4.53. The molecule has 0 spiro atoms. The van der Waals surface area contributed by atoms with E-state index >= 15 is 0 Å². The minimum absolute atomic E-state index is 0.198. The Balaban J connectivity index is 1.48. The van der Waals surface area contributed by atoms with Crippen molar-refractivity contribution < 1.29 is 4.79 Å². The molecule has 0 unspecified atom stereocenters. The third-order valence-electron chi connectivity index (χ3n) is 5.49. The third kappa shape index (κ3) is 3.31. The van der Waals surface area contributed by atoms with Gasteiger partial charge in [0.2, 0.25) is 5.91 Å². The predicted octanol–water partition coefficient (Wildman–Crippen LogP) is 1.73. The van der Waals surface area contributed by atoms with Crippen molar-refractivity contribution >= 4 is 22.6 Å². The number of carbonyl (C=O) groups excluding carboxylic acids is 1. The van der Waals surface area contributed by atoms with Gasteiger partial charge in [-0.25, -0.2) is 9.97 Å². The molecule has 1 aromatic heterocycles.